The molecule has 0 saturated heterocycles. The van der Waals surface area contributed by atoms with Gasteiger partial charge in [-0.15, -0.1) is 0 Å². The lowest BCUT2D eigenvalue weighted by atomic mass is 9.96. The van der Waals surface area contributed by atoms with Crippen LogP contribution in [0.15, 0.2) is 71.4 Å². The van der Waals surface area contributed by atoms with Gasteiger partial charge in [-0.1, -0.05) is 23.7 Å². The van der Waals surface area contributed by atoms with Crippen LogP contribution in [0.2, 0.25) is 5.02 Å². The van der Waals surface area contributed by atoms with Crippen molar-refractivity contribution in [3.05, 3.63) is 83.1 Å². The van der Waals surface area contributed by atoms with Gasteiger partial charge in [0, 0.05) is 38.9 Å². The van der Waals surface area contributed by atoms with Gasteiger partial charge in [0.25, 0.3) is 0 Å². The average molecular weight is 476 g/mol. The van der Waals surface area contributed by atoms with E-state index in [0.29, 0.717) is 23.1 Å². The molecule has 5 nitrogen and oxygen atoms in total. The van der Waals surface area contributed by atoms with Gasteiger partial charge in [0.2, 0.25) is 5.91 Å². The largest absolute Gasteiger partial charge is 0.497 e. The van der Waals surface area contributed by atoms with E-state index in [9.17, 15) is 4.79 Å². The summed E-state index contributed by atoms with van der Waals surface area (Å²) in [6.07, 6.45) is 3.33. The molecule has 0 bridgehead atoms. The van der Waals surface area contributed by atoms with Crippen LogP contribution in [0.3, 0.4) is 0 Å². The molecule has 0 atom stereocenters. The van der Waals surface area contributed by atoms with Crippen molar-refractivity contribution in [3.63, 3.8) is 0 Å². The zero-order valence-corrected chi connectivity index (χ0v) is 20.3. The Bertz CT molecular complexity index is 1350. The summed E-state index contributed by atoms with van der Waals surface area (Å²) in [7, 11) is 1.64. The van der Waals surface area contributed by atoms with Gasteiger partial charge in [0.05, 0.1) is 20.0 Å². The number of amides is 1. The molecule has 0 radical (unpaired) electrons. The molecular weight excluding hydrogens is 450 g/mol. The fourth-order valence-electron chi connectivity index (χ4n) is 3.92. The van der Waals surface area contributed by atoms with E-state index in [1.807, 2.05) is 51.1 Å². The minimum absolute atomic E-state index is 0.234. The third-order valence-electron chi connectivity index (χ3n) is 5.62. The summed E-state index contributed by atoms with van der Waals surface area (Å²) >= 11 is 5.93. The summed E-state index contributed by atoms with van der Waals surface area (Å²) in [5.41, 5.74) is 5.92. The first-order valence-electron chi connectivity index (χ1n) is 11.0. The molecule has 0 aliphatic carbocycles. The van der Waals surface area contributed by atoms with Crippen LogP contribution in [0, 0.1) is 6.92 Å². The van der Waals surface area contributed by atoms with Crippen molar-refractivity contribution in [2.75, 3.05) is 19.0 Å². The van der Waals surface area contributed by atoms with Gasteiger partial charge in [-0.2, -0.15) is 0 Å². The average Bonchev–Trinajstić information content (AvgIpc) is 3.26. The van der Waals surface area contributed by atoms with Crippen LogP contribution in [0.5, 0.6) is 11.5 Å². The van der Waals surface area contributed by atoms with Gasteiger partial charge in [0.1, 0.15) is 17.1 Å². The quantitative estimate of drug-likeness (QED) is 0.281. The maximum Gasteiger partial charge on any atom is 0.248 e. The highest BCUT2D eigenvalue weighted by molar-refractivity contribution is 6.30. The number of ether oxygens (including phenoxy) is 2. The van der Waals surface area contributed by atoms with Gasteiger partial charge < -0.3 is 19.2 Å². The van der Waals surface area contributed by atoms with E-state index in [2.05, 4.69) is 5.32 Å². The Labute approximate surface area is 203 Å². The highest BCUT2D eigenvalue weighted by Crippen LogP contribution is 2.41. The van der Waals surface area contributed by atoms with Gasteiger partial charge in [-0.3, -0.25) is 4.79 Å². The molecule has 0 aliphatic heterocycles. The summed E-state index contributed by atoms with van der Waals surface area (Å²) in [6, 6.07) is 16.8. The zero-order valence-electron chi connectivity index (χ0n) is 19.6. The summed E-state index contributed by atoms with van der Waals surface area (Å²) in [5, 5.41) is 4.44. The molecule has 1 amide bonds. The zero-order chi connectivity index (χ0) is 24.2. The molecule has 174 valence electrons. The monoisotopic (exact) mass is 475 g/mol. The molecule has 0 saturated carbocycles. The summed E-state index contributed by atoms with van der Waals surface area (Å²) in [5.74, 6) is 1.26. The Morgan fingerprint density at radius 2 is 1.82 bits per heavy atom. The Morgan fingerprint density at radius 3 is 2.47 bits per heavy atom. The molecule has 1 aromatic heterocycles. The summed E-state index contributed by atoms with van der Waals surface area (Å²) < 4.78 is 17.2. The number of carbonyl (C=O) groups is 1. The number of allylic oxidation sites excluding steroid dienone is 1. The molecule has 6 heteroatoms. The van der Waals surface area contributed by atoms with Gasteiger partial charge >= 0.3 is 0 Å². The molecule has 0 fully saturated rings. The number of benzene rings is 3. The van der Waals surface area contributed by atoms with Gasteiger partial charge in [0.15, 0.2) is 0 Å². The summed E-state index contributed by atoms with van der Waals surface area (Å²) in [4.78, 5) is 12.7. The van der Waals surface area contributed by atoms with E-state index < -0.39 is 0 Å². The lowest BCUT2D eigenvalue weighted by Gasteiger charge is -2.15. The number of fused-ring (bicyclic) bond motifs is 1. The van der Waals surface area contributed by atoms with E-state index >= 15 is 0 Å². The standard InChI is InChI=1S/C28H26ClNO4/c1-5-33-27-18(3)28-24(25(16-34-28)19-6-12-22(32-4)13-7-19)15-23(27)17(2)14-26(31)30-21-10-8-20(29)9-11-21/h6-16H,5H2,1-4H3,(H,30,31)/b17-14+. The Balaban J connectivity index is 1.76. The van der Waals surface area contributed by atoms with E-state index in [1.54, 1.807) is 43.7 Å². The highest BCUT2D eigenvalue weighted by Gasteiger charge is 2.19. The first kappa shape index (κ1) is 23.5. The molecule has 4 rings (SSSR count). The molecule has 1 N–H and O–H groups in total. The van der Waals surface area contributed by atoms with Gasteiger partial charge in [-0.05, 0) is 74.4 Å². The Morgan fingerprint density at radius 1 is 1.12 bits per heavy atom. The number of nitrogens with one attached hydrogen (secondary N) is 1. The molecular formula is C28H26ClNO4. The first-order chi connectivity index (χ1) is 16.4. The van der Waals surface area contributed by atoms with Crippen molar-refractivity contribution in [2.45, 2.75) is 20.8 Å². The van der Waals surface area contributed by atoms with Crippen LogP contribution < -0.4 is 14.8 Å². The molecule has 3 aromatic carbocycles. The van der Waals surface area contributed by atoms with E-state index in [4.69, 9.17) is 25.5 Å². The number of aryl methyl sites for hydroxylation is 1. The van der Waals surface area contributed by atoms with Crippen LogP contribution >= 0.6 is 11.6 Å². The van der Waals surface area contributed by atoms with Crippen LogP contribution in [0.25, 0.3) is 27.7 Å². The normalized spacial score (nSPS) is 11.5. The second-order valence-electron chi connectivity index (χ2n) is 7.89. The maximum atomic E-state index is 12.7. The summed E-state index contributed by atoms with van der Waals surface area (Å²) in [6.45, 7) is 6.30. The van der Waals surface area contributed by atoms with Crippen molar-refractivity contribution in [2.24, 2.45) is 0 Å². The van der Waals surface area contributed by atoms with E-state index in [0.717, 1.165) is 44.5 Å². The van der Waals surface area contributed by atoms with Crippen molar-refractivity contribution < 1.29 is 18.7 Å². The number of anilines is 1. The van der Waals surface area contributed by atoms with Crippen LogP contribution in [-0.2, 0) is 4.79 Å². The predicted molar refractivity (Wildman–Crippen MR) is 138 cm³/mol. The smallest absolute Gasteiger partial charge is 0.248 e. The second-order valence-corrected chi connectivity index (χ2v) is 8.33. The number of rotatable bonds is 7. The topological polar surface area (TPSA) is 60.7 Å². The Kier molecular flexibility index (Phi) is 6.94. The first-order valence-corrected chi connectivity index (χ1v) is 11.4. The molecule has 4 aromatic rings. The minimum atomic E-state index is -0.234. The highest BCUT2D eigenvalue weighted by atomic mass is 35.5. The molecule has 0 aliphatic rings. The number of furan rings is 1. The number of methoxy groups -OCH3 is 1. The minimum Gasteiger partial charge on any atom is -0.497 e. The lowest BCUT2D eigenvalue weighted by molar-refractivity contribution is -0.111. The van der Waals surface area contributed by atoms with Crippen molar-refractivity contribution in [3.8, 4) is 22.6 Å². The number of hydrogen-bond acceptors (Lipinski definition) is 4. The lowest BCUT2D eigenvalue weighted by Crippen LogP contribution is -2.08. The SMILES string of the molecule is CCOc1c(/C(C)=C/C(=O)Nc2ccc(Cl)cc2)cc2c(-c3ccc(OC)cc3)coc2c1C. The van der Waals surface area contributed by atoms with Crippen LogP contribution in [-0.4, -0.2) is 19.6 Å². The number of hydrogen-bond donors (Lipinski definition) is 1. The van der Waals surface area contributed by atoms with Crippen LogP contribution in [0.1, 0.15) is 25.0 Å². The number of halogens is 1. The fraction of sp³-hybridized carbons (Fsp3) is 0.179. The second kappa shape index (κ2) is 10.1. The third kappa shape index (κ3) is 4.80. The van der Waals surface area contributed by atoms with Crippen LogP contribution in [0.4, 0.5) is 5.69 Å². The molecule has 0 unspecified atom stereocenters. The molecule has 34 heavy (non-hydrogen) atoms. The van der Waals surface area contributed by atoms with Crippen molar-refractivity contribution >= 4 is 39.7 Å². The Hall–Kier alpha value is -3.70. The van der Waals surface area contributed by atoms with Crippen molar-refractivity contribution in [1.29, 1.82) is 0 Å². The van der Waals surface area contributed by atoms with E-state index in [1.165, 1.54) is 0 Å². The molecule has 1 heterocycles. The van der Waals surface area contributed by atoms with Gasteiger partial charge in [-0.25, -0.2) is 0 Å². The fourth-order valence-corrected chi connectivity index (χ4v) is 4.05. The predicted octanol–water partition coefficient (Wildman–Crippen LogP) is 7.51. The maximum absolute atomic E-state index is 12.7. The van der Waals surface area contributed by atoms with E-state index in [-0.39, 0.29) is 5.91 Å². The number of carbonyl (C=O) groups excluding carboxylic acids is 1. The molecule has 0 spiro atoms. The van der Waals surface area contributed by atoms with Crippen molar-refractivity contribution in [1.82, 2.24) is 0 Å². The third-order valence-corrected chi connectivity index (χ3v) is 5.87.